The molecule has 1 atom stereocenters. The molecule has 24 heavy (non-hydrogen) atoms. The van der Waals surface area contributed by atoms with Gasteiger partial charge in [0.25, 0.3) is 0 Å². The number of fused-ring (bicyclic) bond motifs is 1. The van der Waals surface area contributed by atoms with Crippen molar-refractivity contribution in [3.05, 3.63) is 53.7 Å². The van der Waals surface area contributed by atoms with E-state index in [2.05, 4.69) is 15.6 Å². The van der Waals surface area contributed by atoms with Crippen LogP contribution in [0.15, 0.2) is 42.6 Å². The number of nitrogens with zero attached hydrogens (tertiary/aromatic N) is 1. The fraction of sp³-hybridized carbons (Fsp3) is 0.368. The molecule has 3 rings (SSSR count). The largest absolute Gasteiger partial charge is 0.492 e. The molecule has 0 saturated heterocycles. The van der Waals surface area contributed by atoms with Crippen LogP contribution in [0.5, 0.6) is 5.75 Å². The first kappa shape index (κ1) is 16.3. The highest BCUT2D eigenvalue weighted by Gasteiger charge is 2.25. The number of nitrogens with one attached hydrogen (secondary N) is 2. The number of carbonyl (C=O) groups is 1. The third-order valence-corrected chi connectivity index (χ3v) is 4.12. The molecule has 0 fully saturated rings. The van der Waals surface area contributed by atoms with Gasteiger partial charge in [0, 0.05) is 19.3 Å². The lowest BCUT2D eigenvalue weighted by molar-refractivity contribution is -0.126. The minimum atomic E-state index is -0.105. The van der Waals surface area contributed by atoms with E-state index in [0.717, 1.165) is 42.1 Å². The highest BCUT2D eigenvalue weighted by molar-refractivity contribution is 5.79. The third kappa shape index (κ3) is 4.25. The van der Waals surface area contributed by atoms with E-state index in [9.17, 15) is 4.79 Å². The van der Waals surface area contributed by atoms with E-state index in [4.69, 9.17) is 4.74 Å². The summed E-state index contributed by atoms with van der Waals surface area (Å²) in [6, 6.07) is 11.9. The second kappa shape index (κ2) is 7.81. The predicted octanol–water partition coefficient (Wildman–Crippen LogP) is 2.56. The lowest BCUT2D eigenvalue weighted by atomic mass is 9.96. The maximum absolute atomic E-state index is 12.3. The average molecular weight is 325 g/mol. The zero-order valence-electron chi connectivity index (χ0n) is 13.9. The quantitative estimate of drug-likeness (QED) is 0.801. The molecule has 1 aliphatic heterocycles. The SMILES string of the molecule is Cc1ccc(NCCCNC(=O)[C@H]2COc3ccccc3C2)nc1. The lowest BCUT2D eigenvalue weighted by Crippen LogP contribution is -2.38. The molecule has 1 amide bonds. The summed E-state index contributed by atoms with van der Waals surface area (Å²) in [4.78, 5) is 16.5. The van der Waals surface area contributed by atoms with Gasteiger partial charge in [0.05, 0.1) is 5.92 Å². The van der Waals surface area contributed by atoms with Crippen molar-refractivity contribution in [3.63, 3.8) is 0 Å². The summed E-state index contributed by atoms with van der Waals surface area (Å²) in [5, 5.41) is 6.25. The monoisotopic (exact) mass is 325 g/mol. The van der Waals surface area contributed by atoms with Crippen LogP contribution in [0, 0.1) is 12.8 Å². The number of aromatic nitrogens is 1. The van der Waals surface area contributed by atoms with Crippen molar-refractivity contribution in [2.75, 3.05) is 25.0 Å². The summed E-state index contributed by atoms with van der Waals surface area (Å²) in [6.07, 6.45) is 3.43. The molecule has 2 aromatic rings. The summed E-state index contributed by atoms with van der Waals surface area (Å²) in [5.41, 5.74) is 2.25. The molecule has 1 aromatic heterocycles. The number of ether oxygens (including phenoxy) is 1. The fourth-order valence-electron chi connectivity index (χ4n) is 2.73. The second-order valence-corrected chi connectivity index (χ2v) is 6.11. The Bertz CT molecular complexity index is 685. The number of anilines is 1. The zero-order valence-corrected chi connectivity index (χ0v) is 13.9. The van der Waals surface area contributed by atoms with Crippen molar-refractivity contribution in [2.24, 2.45) is 5.92 Å². The first-order chi connectivity index (χ1) is 11.7. The molecule has 126 valence electrons. The number of aryl methyl sites for hydroxylation is 1. The summed E-state index contributed by atoms with van der Waals surface area (Å²) >= 11 is 0. The Hall–Kier alpha value is -2.56. The molecular weight excluding hydrogens is 302 g/mol. The minimum Gasteiger partial charge on any atom is -0.492 e. The van der Waals surface area contributed by atoms with E-state index in [1.54, 1.807) is 0 Å². The Balaban J connectivity index is 1.36. The van der Waals surface area contributed by atoms with Crippen molar-refractivity contribution in [3.8, 4) is 5.75 Å². The molecule has 0 spiro atoms. The van der Waals surface area contributed by atoms with Gasteiger partial charge in [-0.1, -0.05) is 24.3 Å². The van der Waals surface area contributed by atoms with E-state index in [1.807, 2.05) is 49.5 Å². The number of hydrogen-bond acceptors (Lipinski definition) is 4. The Kier molecular flexibility index (Phi) is 5.31. The van der Waals surface area contributed by atoms with Crippen molar-refractivity contribution in [1.29, 1.82) is 0 Å². The first-order valence-electron chi connectivity index (χ1n) is 8.37. The van der Waals surface area contributed by atoms with Crippen LogP contribution >= 0.6 is 0 Å². The summed E-state index contributed by atoms with van der Waals surface area (Å²) in [5.74, 6) is 1.73. The number of para-hydroxylation sites is 1. The molecule has 0 saturated carbocycles. The van der Waals surface area contributed by atoms with Crippen LogP contribution in [-0.4, -0.2) is 30.6 Å². The van der Waals surface area contributed by atoms with Gasteiger partial charge in [0.1, 0.15) is 18.2 Å². The molecule has 0 bridgehead atoms. The Morgan fingerprint density at radius 2 is 2.12 bits per heavy atom. The van der Waals surface area contributed by atoms with Gasteiger partial charge in [-0.2, -0.15) is 0 Å². The number of hydrogen-bond donors (Lipinski definition) is 2. The number of rotatable bonds is 6. The molecule has 5 nitrogen and oxygen atoms in total. The van der Waals surface area contributed by atoms with Gasteiger partial charge < -0.3 is 15.4 Å². The van der Waals surface area contributed by atoms with E-state index in [1.165, 1.54) is 0 Å². The fourth-order valence-corrected chi connectivity index (χ4v) is 2.73. The predicted molar refractivity (Wildman–Crippen MR) is 94.2 cm³/mol. The van der Waals surface area contributed by atoms with Gasteiger partial charge in [0.15, 0.2) is 0 Å². The molecule has 1 aliphatic rings. The van der Waals surface area contributed by atoms with E-state index in [-0.39, 0.29) is 11.8 Å². The van der Waals surface area contributed by atoms with Crippen LogP contribution in [-0.2, 0) is 11.2 Å². The molecule has 2 heterocycles. The Labute approximate surface area is 142 Å². The maximum Gasteiger partial charge on any atom is 0.226 e. The standard InChI is InChI=1S/C19H23N3O2/c1-14-7-8-18(22-12-14)20-9-4-10-21-19(23)16-11-15-5-2-3-6-17(15)24-13-16/h2-3,5-8,12,16H,4,9-11,13H2,1H3,(H,20,22)(H,21,23)/t16-/m1/s1. The molecule has 2 N–H and O–H groups in total. The minimum absolute atomic E-state index is 0.0676. The zero-order chi connectivity index (χ0) is 16.8. The molecule has 5 heteroatoms. The van der Waals surface area contributed by atoms with Crippen molar-refractivity contribution in [1.82, 2.24) is 10.3 Å². The number of benzene rings is 1. The van der Waals surface area contributed by atoms with E-state index < -0.39 is 0 Å². The lowest BCUT2D eigenvalue weighted by Gasteiger charge is -2.24. The van der Waals surface area contributed by atoms with Gasteiger partial charge >= 0.3 is 0 Å². The molecule has 0 aliphatic carbocycles. The van der Waals surface area contributed by atoms with Crippen LogP contribution in [0.1, 0.15) is 17.5 Å². The second-order valence-electron chi connectivity index (χ2n) is 6.11. The topological polar surface area (TPSA) is 63.2 Å². The van der Waals surface area contributed by atoms with Gasteiger partial charge in [0.2, 0.25) is 5.91 Å². The van der Waals surface area contributed by atoms with Crippen molar-refractivity contribution >= 4 is 11.7 Å². The number of carbonyl (C=O) groups excluding carboxylic acids is 1. The molecule has 1 aromatic carbocycles. The van der Waals surface area contributed by atoms with E-state index in [0.29, 0.717) is 13.2 Å². The maximum atomic E-state index is 12.3. The van der Waals surface area contributed by atoms with Gasteiger partial charge in [-0.05, 0) is 43.0 Å². The van der Waals surface area contributed by atoms with E-state index >= 15 is 0 Å². The molecular formula is C19H23N3O2. The van der Waals surface area contributed by atoms with Crippen LogP contribution < -0.4 is 15.4 Å². The summed E-state index contributed by atoms with van der Waals surface area (Å²) in [7, 11) is 0. The van der Waals surface area contributed by atoms with Gasteiger partial charge in [-0.3, -0.25) is 4.79 Å². The van der Waals surface area contributed by atoms with Crippen molar-refractivity contribution in [2.45, 2.75) is 19.8 Å². The van der Waals surface area contributed by atoms with Crippen LogP contribution in [0.25, 0.3) is 0 Å². The average Bonchev–Trinajstić information content (AvgIpc) is 2.62. The van der Waals surface area contributed by atoms with Gasteiger partial charge in [-0.15, -0.1) is 0 Å². The van der Waals surface area contributed by atoms with Crippen molar-refractivity contribution < 1.29 is 9.53 Å². The van der Waals surface area contributed by atoms with Crippen LogP contribution in [0.4, 0.5) is 5.82 Å². The van der Waals surface area contributed by atoms with Gasteiger partial charge in [-0.25, -0.2) is 4.98 Å². The number of amides is 1. The highest BCUT2D eigenvalue weighted by Crippen LogP contribution is 2.26. The number of pyridine rings is 1. The Morgan fingerprint density at radius 3 is 2.96 bits per heavy atom. The van der Waals surface area contributed by atoms with Crippen LogP contribution in [0.3, 0.4) is 0 Å². The smallest absolute Gasteiger partial charge is 0.226 e. The third-order valence-electron chi connectivity index (χ3n) is 4.12. The summed E-state index contributed by atoms with van der Waals surface area (Å²) < 4.78 is 5.67. The molecule has 0 unspecified atom stereocenters. The normalized spacial score (nSPS) is 16.0. The highest BCUT2D eigenvalue weighted by atomic mass is 16.5. The Morgan fingerprint density at radius 1 is 1.25 bits per heavy atom. The van der Waals surface area contributed by atoms with Crippen LogP contribution in [0.2, 0.25) is 0 Å². The first-order valence-corrected chi connectivity index (χ1v) is 8.37. The molecule has 0 radical (unpaired) electrons. The summed E-state index contributed by atoms with van der Waals surface area (Å²) in [6.45, 7) is 3.89.